The summed E-state index contributed by atoms with van der Waals surface area (Å²) in [4.78, 5) is 0. The molecule has 0 aliphatic heterocycles. The number of hydrogen-bond donors (Lipinski definition) is 0. The smallest absolute Gasteiger partial charge is 0 e. The van der Waals surface area contributed by atoms with Gasteiger partial charge in [-0.1, -0.05) is 0 Å². The first-order valence-corrected chi connectivity index (χ1v) is 3.00. The Balaban J connectivity index is -0.0000000200. The molecule has 0 unspecified atom stereocenters. The van der Waals surface area contributed by atoms with Gasteiger partial charge >= 0.3 is 0 Å². The molecule has 0 fully saturated rings. The Kier molecular flexibility index (Phi) is 56.8. The van der Waals surface area contributed by atoms with Gasteiger partial charge in [0.2, 0.25) is 0 Å². The Morgan fingerprint density at radius 2 is 1.20 bits per heavy atom. The zero-order valence-electron chi connectivity index (χ0n) is 4.08. The Morgan fingerprint density at radius 1 is 1.20 bits per heavy atom. The normalized spacial score (nSPS) is 3.60. The molecule has 0 saturated heterocycles. The molecule has 0 atom stereocenters. The molecule has 0 saturated carbocycles. The topological polar surface area (TPSA) is 0 Å². The minimum atomic E-state index is 0. The van der Waals surface area contributed by atoms with Gasteiger partial charge < -0.3 is 7.43 Å². The zero-order chi connectivity index (χ0) is 2.71. The molecule has 0 bridgehead atoms. The Morgan fingerprint density at radius 3 is 1.20 bits per heavy atom. The maximum Gasteiger partial charge on any atom is 0 e. The van der Waals surface area contributed by atoms with Crippen LogP contribution in [0.1, 0.15) is 0 Å². The van der Waals surface area contributed by atoms with Gasteiger partial charge in [-0.05, 0) is 13.3 Å². The molecule has 0 aromatic heterocycles. The molecule has 5 heavy (non-hydrogen) atoms. The van der Waals surface area contributed by atoms with E-state index in [1.165, 1.54) is 0 Å². The first-order valence-electron chi connectivity index (χ1n) is 1.00. The van der Waals surface area contributed by atoms with Gasteiger partial charge in [0.15, 0.2) is 0 Å². The van der Waals surface area contributed by atoms with Gasteiger partial charge in [0.1, 0.15) is 0 Å². The summed E-state index contributed by atoms with van der Waals surface area (Å²) >= 11 is 0. The first kappa shape index (κ1) is 16.0. The fourth-order valence-electron chi connectivity index (χ4n) is 0. The van der Waals surface area contributed by atoms with Crippen LogP contribution in [-0.2, 0) is 32.7 Å². The van der Waals surface area contributed by atoms with Crippen molar-refractivity contribution in [3.05, 3.63) is 7.43 Å². The van der Waals surface area contributed by atoms with Crippen molar-refractivity contribution in [3.8, 4) is 0 Å². The minimum Gasteiger partial charge on any atom is -0.358 e. The molecular weight excluding hydrogens is 156 g/mol. The molecule has 0 aliphatic rings. The predicted molar refractivity (Wildman–Crippen MR) is 26.6 cm³/mol. The summed E-state index contributed by atoms with van der Waals surface area (Å²) in [6, 6.07) is 0. The third-order valence-electron chi connectivity index (χ3n) is 0. The molecule has 0 aliphatic carbocycles. The van der Waals surface area contributed by atoms with Crippen molar-refractivity contribution < 1.29 is 32.7 Å². The van der Waals surface area contributed by atoms with Crippen molar-refractivity contribution in [2.45, 2.75) is 0 Å². The van der Waals surface area contributed by atoms with E-state index >= 15 is 0 Å². The molecule has 0 amide bonds. The minimum absolute atomic E-state index is 0. The Hall–Kier alpha value is 1.53. The van der Waals surface area contributed by atoms with E-state index in [-0.39, 0.29) is 40.1 Å². The summed E-state index contributed by atoms with van der Waals surface area (Å²) in [6.07, 6.45) is 0. The third kappa shape index (κ3) is 29.4. The molecule has 0 heterocycles. The van der Waals surface area contributed by atoms with Gasteiger partial charge in [-0.3, -0.25) is 0 Å². The molecule has 2 heteroatoms. The molecule has 31 valence electrons. The van der Waals surface area contributed by atoms with E-state index in [0.29, 0.717) is 0 Å². The summed E-state index contributed by atoms with van der Waals surface area (Å²) in [5.74, 6) is 0. The fourth-order valence-corrected chi connectivity index (χ4v) is 0. The van der Waals surface area contributed by atoms with Crippen molar-refractivity contribution >= 4 is 8.58 Å². The van der Waals surface area contributed by atoms with Crippen LogP contribution in [0.3, 0.4) is 0 Å². The summed E-state index contributed by atoms with van der Waals surface area (Å²) in [6.45, 7) is 4.31. The molecule has 0 spiro atoms. The van der Waals surface area contributed by atoms with E-state index in [9.17, 15) is 0 Å². The van der Waals surface area contributed by atoms with Crippen LogP contribution < -0.4 is 0 Å². The van der Waals surface area contributed by atoms with Crippen LogP contribution in [0.2, 0.25) is 0 Å². The summed E-state index contributed by atoms with van der Waals surface area (Å²) in [7, 11) is 1.08. The predicted octanol–water partition coefficient (Wildman–Crippen LogP) is 1.37. The zero-order valence-corrected chi connectivity index (χ0v) is 7.92. The maximum absolute atomic E-state index is 2.15. The summed E-state index contributed by atoms with van der Waals surface area (Å²) in [5.41, 5.74) is 0. The maximum atomic E-state index is 2.15. The Labute approximate surface area is 61.8 Å². The molecule has 0 aromatic rings. The van der Waals surface area contributed by atoms with Gasteiger partial charge in [0.25, 0.3) is 0 Å². The average molecular weight is 166 g/mol. The van der Waals surface area contributed by atoms with Gasteiger partial charge in [0.05, 0.1) is 0 Å². The van der Waals surface area contributed by atoms with Crippen LogP contribution in [0.15, 0.2) is 0 Å². The van der Waals surface area contributed by atoms with Crippen molar-refractivity contribution in [2.75, 3.05) is 13.3 Å². The van der Waals surface area contributed by atoms with E-state index in [1.54, 1.807) is 0 Å². The molecule has 1 radical (unpaired) electrons. The van der Waals surface area contributed by atoms with Crippen LogP contribution >= 0.6 is 8.58 Å². The van der Waals surface area contributed by atoms with E-state index in [4.69, 9.17) is 0 Å². The van der Waals surface area contributed by atoms with E-state index < -0.39 is 0 Å². The second kappa shape index (κ2) is 17.7. The Bertz CT molecular complexity index is 6.85. The standard InChI is InChI=1S/C2H7P.CH3.Y/c1-3-2;;/h3H,1-2H3;1H3;/q;-1;. The molecule has 0 rings (SSSR count). The van der Waals surface area contributed by atoms with Crippen molar-refractivity contribution in [3.63, 3.8) is 0 Å². The van der Waals surface area contributed by atoms with Gasteiger partial charge in [-0.25, -0.2) is 0 Å². The average Bonchev–Trinajstić information content (AvgIpc) is 0.918. The van der Waals surface area contributed by atoms with Crippen molar-refractivity contribution in [2.24, 2.45) is 0 Å². The number of rotatable bonds is 0. The van der Waals surface area contributed by atoms with E-state index in [2.05, 4.69) is 13.3 Å². The fraction of sp³-hybridized carbons (Fsp3) is 0.667. The quantitative estimate of drug-likeness (QED) is 0.376. The summed E-state index contributed by atoms with van der Waals surface area (Å²) < 4.78 is 0. The van der Waals surface area contributed by atoms with Crippen LogP contribution in [-0.4, -0.2) is 13.3 Å². The monoisotopic (exact) mass is 166 g/mol. The van der Waals surface area contributed by atoms with Gasteiger partial charge in [-0.15, -0.1) is 8.58 Å². The van der Waals surface area contributed by atoms with Crippen LogP contribution in [0.4, 0.5) is 0 Å². The van der Waals surface area contributed by atoms with Crippen molar-refractivity contribution in [1.82, 2.24) is 0 Å². The molecular formula is C3H10PY-. The largest absolute Gasteiger partial charge is 0.358 e. The molecule has 0 N–H and O–H groups in total. The SMILES string of the molecule is CPC.[CH3-].[Y]. The van der Waals surface area contributed by atoms with Crippen LogP contribution in [0.5, 0.6) is 0 Å². The van der Waals surface area contributed by atoms with Gasteiger partial charge in [0, 0.05) is 32.7 Å². The van der Waals surface area contributed by atoms with Crippen LogP contribution in [0, 0.1) is 7.43 Å². The molecule has 0 nitrogen and oxygen atoms in total. The van der Waals surface area contributed by atoms with E-state index in [1.807, 2.05) is 0 Å². The van der Waals surface area contributed by atoms with Gasteiger partial charge in [-0.2, -0.15) is 0 Å². The number of hydrogen-bond acceptors (Lipinski definition) is 0. The van der Waals surface area contributed by atoms with Crippen LogP contribution in [0.25, 0.3) is 0 Å². The molecule has 0 aromatic carbocycles. The summed E-state index contributed by atoms with van der Waals surface area (Å²) in [5, 5.41) is 0. The second-order valence-corrected chi connectivity index (χ2v) is 1.50. The van der Waals surface area contributed by atoms with Crippen molar-refractivity contribution in [1.29, 1.82) is 0 Å². The van der Waals surface area contributed by atoms with E-state index in [0.717, 1.165) is 8.58 Å². The second-order valence-electron chi connectivity index (χ2n) is 0.500. The third-order valence-corrected chi connectivity index (χ3v) is 0. The first-order chi connectivity index (χ1) is 1.41.